The highest BCUT2D eigenvalue weighted by Gasteiger charge is 2.16. The maximum absolute atomic E-state index is 5.19. The summed E-state index contributed by atoms with van der Waals surface area (Å²) in [5.74, 6) is 1.72. The highest BCUT2D eigenvalue weighted by molar-refractivity contribution is 6.05. The molecule has 0 saturated heterocycles. The standard InChI is InChI=1S/C41H29N5/c1-2-27-26-36(30-14-8-4-9-15-30)43-38-34(27)24-22-31-23-25-35(42-37(31)38)41-45-39(32-16-10-5-11-17-32)44-40(46-41)33-20-18-29(19-21-33)28-12-6-3-7-13-28/h3-26H,2H2,1H3. The van der Waals surface area contributed by atoms with Gasteiger partial charge in [0.05, 0.1) is 16.7 Å². The van der Waals surface area contributed by atoms with Crippen LogP contribution >= 0.6 is 0 Å². The molecule has 5 aromatic carbocycles. The van der Waals surface area contributed by atoms with Crippen LogP contribution in [0.5, 0.6) is 0 Å². The molecule has 0 aliphatic rings. The SMILES string of the molecule is CCc1cc(-c2ccccc2)nc2c1ccc1ccc(-c3nc(-c4ccccc4)nc(-c4ccc(-c5ccccc5)cc4)n3)nc12. The van der Waals surface area contributed by atoms with Gasteiger partial charge in [-0.15, -0.1) is 0 Å². The van der Waals surface area contributed by atoms with Crippen LogP contribution in [0.4, 0.5) is 0 Å². The highest BCUT2D eigenvalue weighted by atomic mass is 15.0. The fraction of sp³-hybridized carbons (Fsp3) is 0.0488. The van der Waals surface area contributed by atoms with Crippen molar-refractivity contribution in [2.24, 2.45) is 0 Å². The van der Waals surface area contributed by atoms with Crippen molar-refractivity contribution in [2.45, 2.75) is 13.3 Å². The molecule has 5 heteroatoms. The lowest BCUT2D eigenvalue weighted by atomic mass is 10.0. The zero-order valence-electron chi connectivity index (χ0n) is 25.3. The van der Waals surface area contributed by atoms with Crippen LogP contribution in [-0.4, -0.2) is 24.9 Å². The van der Waals surface area contributed by atoms with Gasteiger partial charge in [0.1, 0.15) is 5.69 Å². The van der Waals surface area contributed by atoms with Crippen molar-refractivity contribution in [2.75, 3.05) is 0 Å². The number of benzene rings is 5. The van der Waals surface area contributed by atoms with Crippen molar-refractivity contribution in [1.82, 2.24) is 24.9 Å². The molecule has 3 aromatic heterocycles. The van der Waals surface area contributed by atoms with Crippen molar-refractivity contribution in [3.05, 3.63) is 151 Å². The third-order valence-corrected chi connectivity index (χ3v) is 8.32. The molecule has 0 amide bonds. The summed E-state index contributed by atoms with van der Waals surface area (Å²) >= 11 is 0. The van der Waals surface area contributed by atoms with E-state index in [-0.39, 0.29) is 0 Å². The smallest absolute Gasteiger partial charge is 0.182 e. The molecule has 0 spiro atoms. The van der Waals surface area contributed by atoms with Gasteiger partial charge in [-0.2, -0.15) is 0 Å². The molecule has 0 bridgehead atoms. The van der Waals surface area contributed by atoms with E-state index >= 15 is 0 Å². The molecule has 0 N–H and O–H groups in total. The highest BCUT2D eigenvalue weighted by Crippen LogP contribution is 2.32. The Bertz CT molecular complexity index is 2320. The number of nitrogens with zero attached hydrogens (tertiary/aromatic N) is 5. The topological polar surface area (TPSA) is 64.5 Å². The summed E-state index contributed by atoms with van der Waals surface area (Å²) in [5.41, 5.74) is 9.78. The molecule has 0 saturated carbocycles. The maximum atomic E-state index is 5.19. The van der Waals surface area contributed by atoms with E-state index < -0.39 is 0 Å². The van der Waals surface area contributed by atoms with E-state index in [0.29, 0.717) is 23.2 Å². The second-order valence-corrected chi connectivity index (χ2v) is 11.2. The lowest BCUT2D eigenvalue weighted by molar-refractivity contribution is 1.06. The number of fused-ring (bicyclic) bond motifs is 3. The van der Waals surface area contributed by atoms with E-state index in [9.17, 15) is 0 Å². The predicted octanol–water partition coefficient (Wildman–Crippen LogP) is 9.87. The van der Waals surface area contributed by atoms with E-state index in [1.54, 1.807) is 0 Å². The van der Waals surface area contributed by atoms with Crippen molar-refractivity contribution in [1.29, 1.82) is 0 Å². The van der Waals surface area contributed by atoms with Gasteiger partial charge < -0.3 is 0 Å². The van der Waals surface area contributed by atoms with Crippen LogP contribution in [0.15, 0.2) is 146 Å². The molecule has 8 aromatic rings. The first-order chi connectivity index (χ1) is 22.7. The molecule has 8 rings (SSSR count). The summed E-state index contributed by atoms with van der Waals surface area (Å²) in [7, 11) is 0. The van der Waals surface area contributed by atoms with Gasteiger partial charge in [0, 0.05) is 27.5 Å². The van der Waals surface area contributed by atoms with Crippen LogP contribution in [0, 0.1) is 0 Å². The van der Waals surface area contributed by atoms with E-state index in [1.165, 1.54) is 11.1 Å². The van der Waals surface area contributed by atoms with Crippen LogP contribution < -0.4 is 0 Å². The van der Waals surface area contributed by atoms with Crippen molar-refractivity contribution in [3.8, 4) is 56.7 Å². The van der Waals surface area contributed by atoms with E-state index in [2.05, 4.69) is 91.9 Å². The van der Waals surface area contributed by atoms with Crippen molar-refractivity contribution < 1.29 is 0 Å². The number of hydrogen-bond acceptors (Lipinski definition) is 5. The number of rotatable bonds is 6. The fourth-order valence-electron chi connectivity index (χ4n) is 5.89. The lowest BCUT2D eigenvalue weighted by Crippen LogP contribution is -2.01. The molecule has 0 radical (unpaired) electrons. The first kappa shape index (κ1) is 27.5. The average molecular weight is 592 g/mol. The van der Waals surface area contributed by atoms with E-state index in [0.717, 1.165) is 56.2 Å². The third kappa shape index (κ3) is 5.18. The maximum Gasteiger partial charge on any atom is 0.182 e. The molecular weight excluding hydrogens is 562 g/mol. The van der Waals surface area contributed by atoms with Crippen LogP contribution in [0.1, 0.15) is 12.5 Å². The van der Waals surface area contributed by atoms with Crippen LogP contribution in [0.3, 0.4) is 0 Å². The first-order valence-corrected chi connectivity index (χ1v) is 15.5. The van der Waals surface area contributed by atoms with Crippen LogP contribution in [0.25, 0.3) is 78.5 Å². The van der Waals surface area contributed by atoms with Crippen molar-refractivity contribution >= 4 is 21.8 Å². The summed E-state index contributed by atoms with van der Waals surface area (Å²) in [6, 6.07) is 49.6. The first-order valence-electron chi connectivity index (χ1n) is 15.5. The zero-order valence-corrected chi connectivity index (χ0v) is 25.3. The molecule has 0 aliphatic heterocycles. The predicted molar refractivity (Wildman–Crippen MR) is 187 cm³/mol. The van der Waals surface area contributed by atoms with Gasteiger partial charge in [-0.3, -0.25) is 0 Å². The Morgan fingerprint density at radius 1 is 0.391 bits per heavy atom. The summed E-state index contributed by atoms with van der Waals surface area (Å²) in [6.45, 7) is 2.18. The lowest BCUT2D eigenvalue weighted by Gasteiger charge is -2.12. The summed E-state index contributed by atoms with van der Waals surface area (Å²) in [5, 5.41) is 2.13. The summed E-state index contributed by atoms with van der Waals surface area (Å²) < 4.78 is 0. The van der Waals surface area contributed by atoms with Gasteiger partial charge >= 0.3 is 0 Å². The minimum absolute atomic E-state index is 0.518. The van der Waals surface area contributed by atoms with Gasteiger partial charge in [0.25, 0.3) is 0 Å². The largest absolute Gasteiger partial charge is 0.245 e. The minimum atomic E-state index is 0.518. The molecule has 0 fully saturated rings. The number of pyridine rings is 2. The Balaban J connectivity index is 1.30. The fourth-order valence-corrected chi connectivity index (χ4v) is 5.89. The second-order valence-electron chi connectivity index (χ2n) is 11.2. The van der Waals surface area contributed by atoms with Gasteiger partial charge in [-0.25, -0.2) is 24.9 Å². The van der Waals surface area contributed by atoms with Crippen LogP contribution in [0.2, 0.25) is 0 Å². The Labute approximate surface area is 267 Å². The zero-order chi connectivity index (χ0) is 30.9. The molecule has 0 unspecified atom stereocenters. The van der Waals surface area contributed by atoms with Gasteiger partial charge in [-0.05, 0) is 35.2 Å². The quantitative estimate of drug-likeness (QED) is 0.180. The molecule has 5 nitrogen and oxygen atoms in total. The van der Waals surface area contributed by atoms with Gasteiger partial charge in [0.15, 0.2) is 17.5 Å². The summed E-state index contributed by atoms with van der Waals surface area (Å²) in [6.07, 6.45) is 0.893. The number of aromatic nitrogens is 5. The number of hydrogen-bond donors (Lipinski definition) is 0. The van der Waals surface area contributed by atoms with E-state index in [4.69, 9.17) is 24.9 Å². The second kappa shape index (κ2) is 11.8. The molecular formula is C41H29N5. The van der Waals surface area contributed by atoms with Crippen molar-refractivity contribution in [3.63, 3.8) is 0 Å². The average Bonchev–Trinajstić information content (AvgIpc) is 3.15. The molecule has 0 aliphatic carbocycles. The minimum Gasteiger partial charge on any atom is -0.245 e. The molecule has 46 heavy (non-hydrogen) atoms. The summed E-state index contributed by atoms with van der Waals surface area (Å²) in [4.78, 5) is 25.2. The van der Waals surface area contributed by atoms with Crippen LogP contribution in [-0.2, 0) is 6.42 Å². The Hall–Kier alpha value is -6.07. The third-order valence-electron chi connectivity index (χ3n) is 8.32. The number of aryl methyl sites for hydroxylation is 1. The Kier molecular flexibility index (Phi) is 7.04. The normalized spacial score (nSPS) is 11.2. The Morgan fingerprint density at radius 3 is 1.54 bits per heavy atom. The van der Waals surface area contributed by atoms with Gasteiger partial charge in [-0.1, -0.05) is 140 Å². The molecule has 218 valence electrons. The molecule has 0 atom stereocenters. The van der Waals surface area contributed by atoms with E-state index in [1.807, 2.05) is 60.7 Å². The molecule has 3 heterocycles. The van der Waals surface area contributed by atoms with Gasteiger partial charge in [0.2, 0.25) is 0 Å². The monoisotopic (exact) mass is 591 g/mol. The Morgan fingerprint density at radius 2 is 0.891 bits per heavy atom.